The van der Waals surface area contributed by atoms with Crippen molar-refractivity contribution in [2.45, 2.75) is 19.9 Å². The number of nitrogens with two attached hydrogens (primary N) is 1. The molecule has 2 aromatic rings. The zero-order chi connectivity index (χ0) is 12.4. The van der Waals surface area contributed by atoms with Gasteiger partial charge in [0.1, 0.15) is 0 Å². The van der Waals surface area contributed by atoms with E-state index in [4.69, 9.17) is 5.73 Å². The van der Waals surface area contributed by atoms with Crippen molar-refractivity contribution in [1.82, 2.24) is 4.98 Å². The first-order chi connectivity index (χ1) is 8.09. The molecule has 0 spiro atoms. The fourth-order valence-corrected chi connectivity index (χ4v) is 1.72. The molecule has 1 heterocycles. The van der Waals surface area contributed by atoms with Crippen LogP contribution in [0.25, 0.3) is 10.9 Å². The maximum absolute atomic E-state index is 12.1. The van der Waals surface area contributed by atoms with Crippen LogP contribution in [0.15, 0.2) is 36.5 Å². The van der Waals surface area contributed by atoms with Gasteiger partial charge in [0.05, 0.1) is 11.6 Å². The topological polar surface area (TPSA) is 56.0 Å². The summed E-state index contributed by atoms with van der Waals surface area (Å²) in [5.74, 6) is 0.137. The van der Waals surface area contributed by atoms with Crippen molar-refractivity contribution in [2.24, 2.45) is 11.7 Å². The number of nitrogens with zero attached hydrogens (tertiary/aromatic N) is 1. The van der Waals surface area contributed by atoms with E-state index in [2.05, 4.69) is 4.98 Å². The predicted octanol–water partition coefficient (Wildman–Crippen LogP) is 2.40. The summed E-state index contributed by atoms with van der Waals surface area (Å²) in [5, 5.41) is 0.967. The molecular weight excluding hydrogens is 212 g/mol. The Hall–Kier alpha value is -1.74. The molecule has 1 unspecified atom stereocenters. The summed E-state index contributed by atoms with van der Waals surface area (Å²) in [4.78, 5) is 16.3. The second-order valence-corrected chi connectivity index (χ2v) is 4.54. The summed E-state index contributed by atoms with van der Waals surface area (Å²) in [7, 11) is 0. The van der Waals surface area contributed by atoms with Gasteiger partial charge in [-0.1, -0.05) is 19.9 Å². The highest BCUT2D eigenvalue weighted by Gasteiger charge is 2.18. The summed E-state index contributed by atoms with van der Waals surface area (Å²) in [5.41, 5.74) is 7.42. The van der Waals surface area contributed by atoms with Gasteiger partial charge in [-0.2, -0.15) is 0 Å². The van der Waals surface area contributed by atoms with Crippen molar-refractivity contribution >= 4 is 16.7 Å². The van der Waals surface area contributed by atoms with Gasteiger partial charge in [-0.05, 0) is 30.2 Å². The van der Waals surface area contributed by atoms with Crippen LogP contribution in [0.1, 0.15) is 24.2 Å². The van der Waals surface area contributed by atoms with Crippen LogP contribution < -0.4 is 5.73 Å². The Morgan fingerprint density at radius 3 is 2.76 bits per heavy atom. The summed E-state index contributed by atoms with van der Waals surface area (Å²) in [6, 6.07) is 8.87. The highest BCUT2D eigenvalue weighted by molar-refractivity contribution is 6.02. The number of hydrogen-bond acceptors (Lipinski definition) is 3. The van der Waals surface area contributed by atoms with E-state index in [1.165, 1.54) is 0 Å². The summed E-state index contributed by atoms with van der Waals surface area (Å²) in [6.07, 6.45) is 1.74. The van der Waals surface area contributed by atoms with Crippen LogP contribution in [-0.4, -0.2) is 16.8 Å². The minimum Gasteiger partial charge on any atom is -0.321 e. The molecule has 0 radical (unpaired) electrons. The molecule has 0 aliphatic rings. The number of ketones is 1. The van der Waals surface area contributed by atoms with Gasteiger partial charge < -0.3 is 5.73 Å². The van der Waals surface area contributed by atoms with Crippen LogP contribution in [0, 0.1) is 5.92 Å². The predicted molar refractivity (Wildman–Crippen MR) is 68.9 cm³/mol. The van der Waals surface area contributed by atoms with Gasteiger partial charge >= 0.3 is 0 Å². The lowest BCUT2D eigenvalue weighted by Gasteiger charge is -2.14. The zero-order valence-corrected chi connectivity index (χ0v) is 10.1. The Kier molecular flexibility index (Phi) is 3.20. The minimum atomic E-state index is -0.441. The molecule has 0 aliphatic heterocycles. The Morgan fingerprint density at radius 1 is 1.29 bits per heavy atom. The first-order valence-corrected chi connectivity index (χ1v) is 5.74. The molecule has 0 aliphatic carbocycles. The quantitative estimate of drug-likeness (QED) is 0.821. The molecule has 1 atom stereocenters. The molecule has 3 nitrogen and oxygen atoms in total. The Morgan fingerprint density at radius 2 is 2.06 bits per heavy atom. The molecule has 1 aromatic heterocycles. The van der Waals surface area contributed by atoms with E-state index < -0.39 is 6.04 Å². The van der Waals surface area contributed by atoms with E-state index in [0.717, 1.165) is 10.9 Å². The van der Waals surface area contributed by atoms with Crippen LogP contribution in [0.2, 0.25) is 0 Å². The molecule has 3 heteroatoms. The van der Waals surface area contributed by atoms with Gasteiger partial charge in [-0.3, -0.25) is 9.78 Å². The number of carbonyl (C=O) groups is 1. The van der Waals surface area contributed by atoms with Crippen molar-refractivity contribution in [3.8, 4) is 0 Å². The summed E-state index contributed by atoms with van der Waals surface area (Å²) >= 11 is 0. The van der Waals surface area contributed by atoms with Crippen LogP contribution in [0.4, 0.5) is 0 Å². The largest absolute Gasteiger partial charge is 0.321 e. The average molecular weight is 228 g/mol. The normalized spacial score (nSPS) is 12.9. The van der Waals surface area contributed by atoms with Crippen molar-refractivity contribution < 1.29 is 4.79 Å². The van der Waals surface area contributed by atoms with Gasteiger partial charge in [0.15, 0.2) is 5.78 Å². The van der Waals surface area contributed by atoms with E-state index >= 15 is 0 Å². The molecular formula is C14H16N2O. The maximum Gasteiger partial charge on any atom is 0.179 e. The van der Waals surface area contributed by atoms with Gasteiger partial charge in [0.25, 0.3) is 0 Å². The molecule has 2 rings (SSSR count). The minimum absolute atomic E-state index is 0.00856. The van der Waals surface area contributed by atoms with Crippen LogP contribution in [-0.2, 0) is 0 Å². The third-order valence-corrected chi connectivity index (χ3v) is 2.91. The second kappa shape index (κ2) is 4.63. The standard InChI is InChI=1S/C14H16N2O/c1-9(2)13(15)14(17)11-5-6-12-10(8-11)4-3-7-16-12/h3-9,13H,15H2,1-2H3. The van der Waals surface area contributed by atoms with Crippen LogP contribution in [0.5, 0.6) is 0 Å². The smallest absolute Gasteiger partial charge is 0.179 e. The average Bonchev–Trinajstić information content (AvgIpc) is 2.36. The Balaban J connectivity index is 2.40. The van der Waals surface area contributed by atoms with Gasteiger partial charge in [0, 0.05) is 17.1 Å². The summed E-state index contributed by atoms with van der Waals surface area (Å²) < 4.78 is 0. The monoisotopic (exact) mass is 228 g/mol. The van der Waals surface area contributed by atoms with E-state index in [1.54, 1.807) is 12.3 Å². The molecule has 17 heavy (non-hydrogen) atoms. The first kappa shape index (κ1) is 11.7. The van der Waals surface area contributed by atoms with E-state index in [9.17, 15) is 4.79 Å². The number of Topliss-reactive ketones (excluding diaryl/α,β-unsaturated/α-hetero) is 1. The third-order valence-electron chi connectivity index (χ3n) is 2.91. The summed E-state index contributed by atoms with van der Waals surface area (Å²) in [6.45, 7) is 3.90. The molecule has 0 fully saturated rings. The fraction of sp³-hybridized carbons (Fsp3) is 0.286. The molecule has 0 saturated heterocycles. The first-order valence-electron chi connectivity index (χ1n) is 5.74. The lowest BCUT2D eigenvalue weighted by Crippen LogP contribution is -2.35. The molecule has 0 bridgehead atoms. The van der Waals surface area contributed by atoms with Gasteiger partial charge in [-0.25, -0.2) is 0 Å². The number of pyridine rings is 1. The lowest BCUT2D eigenvalue weighted by atomic mass is 9.95. The maximum atomic E-state index is 12.1. The molecule has 88 valence electrons. The molecule has 2 N–H and O–H groups in total. The third kappa shape index (κ3) is 2.34. The highest BCUT2D eigenvalue weighted by Crippen LogP contribution is 2.16. The number of fused-ring (bicyclic) bond motifs is 1. The molecule has 0 saturated carbocycles. The number of aromatic nitrogens is 1. The number of benzene rings is 1. The van der Waals surface area contributed by atoms with Gasteiger partial charge in [0.2, 0.25) is 0 Å². The molecule has 0 amide bonds. The Labute approximate surface area is 101 Å². The van der Waals surface area contributed by atoms with Crippen molar-refractivity contribution in [3.63, 3.8) is 0 Å². The second-order valence-electron chi connectivity index (χ2n) is 4.54. The van der Waals surface area contributed by atoms with Crippen molar-refractivity contribution in [2.75, 3.05) is 0 Å². The highest BCUT2D eigenvalue weighted by atomic mass is 16.1. The number of rotatable bonds is 3. The number of carbonyl (C=O) groups excluding carboxylic acids is 1. The number of hydrogen-bond donors (Lipinski definition) is 1. The fourth-order valence-electron chi connectivity index (χ4n) is 1.72. The van der Waals surface area contributed by atoms with Crippen LogP contribution >= 0.6 is 0 Å². The van der Waals surface area contributed by atoms with Crippen molar-refractivity contribution in [3.05, 3.63) is 42.1 Å². The lowest BCUT2D eigenvalue weighted by molar-refractivity contribution is 0.0940. The van der Waals surface area contributed by atoms with Gasteiger partial charge in [-0.15, -0.1) is 0 Å². The van der Waals surface area contributed by atoms with E-state index in [1.807, 2.05) is 38.1 Å². The van der Waals surface area contributed by atoms with Crippen LogP contribution in [0.3, 0.4) is 0 Å². The van der Waals surface area contributed by atoms with Crippen molar-refractivity contribution in [1.29, 1.82) is 0 Å². The molecule has 1 aromatic carbocycles. The SMILES string of the molecule is CC(C)C(N)C(=O)c1ccc2ncccc2c1. The Bertz CT molecular complexity index is 549. The van der Waals surface area contributed by atoms with E-state index in [-0.39, 0.29) is 11.7 Å². The van der Waals surface area contributed by atoms with E-state index in [0.29, 0.717) is 5.56 Å². The zero-order valence-electron chi connectivity index (χ0n) is 10.1.